The Morgan fingerprint density at radius 2 is 2.05 bits per heavy atom. The minimum Gasteiger partial charge on any atom is -0.436 e. The number of aromatic nitrogens is 3. The van der Waals surface area contributed by atoms with Gasteiger partial charge < -0.3 is 10.2 Å². The van der Waals surface area contributed by atoms with Crippen molar-refractivity contribution in [1.29, 1.82) is 0 Å². The fraction of sp³-hybridized carbons (Fsp3) is 0.0769. The summed E-state index contributed by atoms with van der Waals surface area (Å²) in [6.07, 6.45) is 5.23. The Hall–Kier alpha value is -2.60. The number of nitrogens with zero attached hydrogens (tertiary/aromatic N) is 3. The number of aryl methyl sites for hydroxylation is 1. The van der Waals surface area contributed by atoms with Crippen molar-refractivity contribution in [3.05, 3.63) is 48.4 Å². The van der Waals surface area contributed by atoms with Crippen LogP contribution in [0.15, 0.2) is 42.9 Å². The molecule has 0 amide bonds. The summed E-state index contributed by atoms with van der Waals surface area (Å²) < 4.78 is 7.55. The van der Waals surface area contributed by atoms with Gasteiger partial charge in [-0.15, -0.1) is 0 Å². The third kappa shape index (κ3) is 2.21. The molecular weight excluding hydrogens is 242 g/mol. The van der Waals surface area contributed by atoms with Crippen LogP contribution in [-0.4, -0.2) is 14.4 Å². The van der Waals surface area contributed by atoms with Crippen LogP contribution < -0.4 is 16.0 Å². The Labute approximate surface area is 109 Å². The summed E-state index contributed by atoms with van der Waals surface area (Å²) in [5, 5.41) is 0. The molecular formula is C13H13N5O. The SMILES string of the molecule is Cc1ccc(Oc2nc(NN)cn3ccnc23)cc1. The molecule has 0 spiro atoms. The lowest BCUT2D eigenvalue weighted by Gasteiger charge is -2.08. The van der Waals surface area contributed by atoms with Gasteiger partial charge in [0.25, 0.3) is 5.88 Å². The van der Waals surface area contributed by atoms with E-state index in [-0.39, 0.29) is 0 Å². The molecule has 6 heteroatoms. The van der Waals surface area contributed by atoms with Gasteiger partial charge in [0.05, 0.1) is 6.20 Å². The first-order valence-corrected chi connectivity index (χ1v) is 5.81. The predicted molar refractivity (Wildman–Crippen MR) is 72.1 cm³/mol. The number of nitrogens with one attached hydrogen (secondary N) is 1. The van der Waals surface area contributed by atoms with E-state index in [0.29, 0.717) is 23.1 Å². The van der Waals surface area contributed by atoms with E-state index in [2.05, 4.69) is 15.4 Å². The standard InChI is InChI=1S/C13H13N5O/c1-9-2-4-10(5-3-9)19-13-12-15-6-7-18(12)8-11(16-13)17-14/h2-8,17H,14H2,1H3. The largest absolute Gasteiger partial charge is 0.436 e. The van der Waals surface area contributed by atoms with E-state index >= 15 is 0 Å². The molecule has 0 radical (unpaired) electrons. The van der Waals surface area contributed by atoms with Crippen molar-refractivity contribution in [3.8, 4) is 11.6 Å². The minimum absolute atomic E-state index is 0.407. The van der Waals surface area contributed by atoms with Gasteiger partial charge in [-0.05, 0) is 19.1 Å². The number of hydrazine groups is 1. The Morgan fingerprint density at radius 1 is 1.26 bits per heavy atom. The first-order chi connectivity index (χ1) is 9.26. The third-order valence-corrected chi connectivity index (χ3v) is 2.73. The van der Waals surface area contributed by atoms with Gasteiger partial charge in [0, 0.05) is 12.4 Å². The molecule has 3 rings (SSSR count). The number of fused-ring (bicyclic) bond motifs is 1. The van der Waals surface area contributed by atoms with Gasteiger partial charge in [0.1, 0.15) is 5.75 Å². The van der Waals surface area contributed by atoms with E-state index < -0.39 is 0 Å². The maximum atomic E-state index is 5.76. The minimum atomic E-state index is 0.407. The fourth-order valence-electron chi connectivity index (χ4n) is 1.76. The molecule has 96 valence electrons. The van der Waals surface area contributed by atoms with E-state index in [4.69, 9.17) is 10.6 Å². The Bertz CT molecular complexity index is 705. The Morgan fingerprint density at radius 3 is 2.79 bits per heavy atom. The molecule has 0 fully saturated rings. The second kappa shape index (κ2) is 4.58. The van der Waals surface area contributed by atoms with E-state index in [1.165, 1.54) is 5.56 Å². The molecule has 6 nitrogen and oxygen atoms in total. The average molecular weight is 255 g/mol. The van der Waals surface area contributed by atoms with Crippen LogP contribution in [0, 0.1) is 6.92 Å². The summed E-state index contributed by atoms with van der Waals surface area (Å²) in [6.45, 7) is 2.02. The zero-order valence-corrected chi connectivity index (χ0v) is 10.4. The maximum Gasteiger partial charge on any atom is 0.265 e. The van der Waals surface area contributed by atoms with Crippen LogP contribution in [0.1, 0.15) is 5.56 Å². The van der Waals surface area contributed by atoms with Crippen molar-refractivity contribution >= 4 is 11.5 Å². The molecule has 3 N–H and O–H groups in total. The molecule has 19 heavy (non-hydrogen) atoms. The van der Waals surface area contributed by atoms with Gasteiger partial charge in [-0.1, -0.05) is 17.7 Å². The summed E-state index contributed by atoms with van der Waals surface area (Å²) in [4.78, 5) is 8.48. The van der Waals surface area contributed by atoms with Gasteiger partial charge in [-0.25, -0.2) is 10.8 Å². The summed E-state index contributed by atoms with van der Waals surface area (Å²) in [5.41, 5.74) is 4.31. The monoisotopic (exact) mass is 255 g/mol. The highest BCUT2D eigenvalue weighted by Crippen LogP contribution is 2.24. The second-order valence-electron chi connectivity index (χ2n) is 4.15. The highest BCUT2D eigenvalue weighted by Gasteiger charge is 2.09. The first-order valence-electron chi connectivity index (χ1n) is 5.81. The molecule has 3 aromatic rings. The van der Waals surface area contributed by atoms with E-state index in [1.807, 2.05) is 31.2 Å². The summed E-state index contributed by atoms with van der Waals surface area (Å²) in [6, 6.07) is 7.73. The number of nitrogens with two attached hydrogens (primary N) is 1. The normalized spacial score (nSPS) is 10.6. The number of rotatable bonds is 3. The van der Waals surface area contributed by atoms with Crippen LogP contribution >= 0.6 is 0 Å². The lowest BCUT2D eigenvalue weighted by Crippen LogP contribution is -2.10. The van der Waals surface area contributed by atoms with Gasteiger partial charge in [0.2, 0.25) is 5.65 Å². The second-order valence-corrected chi connectivity index (χ2v) is 4.15. The zero-order chi connectivity index (χ0) is 13.2. The van der Waals surface area contributed by atoms with Gasteiger partial charge in [-0.2, -0.15) is 4.98 Å². The summed E-state index contributed by atoms with van der Waals surface area (Å²) in [7, 11) is 0. The number of hydrogen-bond acceptors (Lipinski definition) is 5. The highest BCUT2D eigenvalue weighted by atomic mass is 16.5. The van der Waals surface area contributed by atoms with Crippen LogP contribution in [0.3, 0.4) is 0 Å². The number of anilines is 1. The molecule has 2 heterocycles. The van der Waals surface area contributed by atoms with E-state index in [1.54, 1.807) is 23.0 Å². The molecule has 0 saturated carbocycles. The van der Waals surface area contributed by atoms with Crippen LogP contribution in [0.4, 0.5) is 5.82 Å². The number of nitrogen functional groups attached to an aromatic ring is 1. The molecule has 0 unspecified atom stereocenters. The lowest BCUT2D eigenvalue weighted by molar-refractivity contribution is 0.465. The third-order valence-electron chi connectivity index (χ3n) is 2.73. The molecule has 0 bridgehead atoms. The summed E-state index contributed by atoms with van der Waals surface area (Å²) >= 11 is 0. The van der Waals surface area contributed by atoms with Gasteiger partial charge in [0.15, 0.2) is 5.82 Å². The molecule has 0 aliphatic carbocycles. The number of ether oxygens (including phenoxy) is 1. The molecule has 1 aromatic carbocycles. The molecule has 2 aromatic heterocycles. The van der Waals surface area contributed by atoms with Crippen molar-refractivity contribution in [2.45, 2.75) is 6.92 Å². The fourth-order valence-corrected chi connectivity index (χ4v) is 1.76. The molecule has 0 saturated heterocycles. The van der Waals surface area contributed by atoms with Gasteiger partial charge >= 0.3 is 0 Å². The Kier molecular flexibility index (Phi) is 2.77. The van der Waals surface area contributed by atoms with Crippen LogP contribution in [0.2, 0.25) is 0 Å². The van der Waals surface area contributed by atoms with Crippen molar-refractivity contribution in [1.82, 2.24) is 14.4 Å². The molecule has 0 atom stereocenters. The molecule has 0 aliphatic rings. The topological polar surface area (TPSA) is 77.5 Å². The van der Waals surface area contributed by atoms with E-state index in [9.17, 15) is 0 Å². The zero-order valence-electron chi connectivity index (χ0n) is 10.4. The van der Waals surface area contributed by atoms with Crippen molar-refractivity contribution in [2.24, 2.45) is 5.84 Å². The average Bonchev–Trinajstić information content (AvgIpc) is 2.89. The van der Waals surface area contributed by atoms with Crippen LogP contribution in [-0.2, 0) is 0 Å². The van der Waals surface area contributed by atoms with Crippen molar-refractivity contribution in [3.63, 3.8) is 0 Å². The van der Waals surface area contributed by atoms with Crippen LogP contribution in [0.25, 0.3) is 5.65 Å². The predicted octanol–water partition coefficient (Wildman–Crippen LogP) is 2.12. The highest BCUT2D eigenvalue weighted by molar-refractivity contribution is 5.54. The quantitative estimate of drug-likeness (QED) is 0.553. The number of hydrogen-bond donors (Lipinski definition) is 2. The molecule has 0 aliphatic heterocycles. The summed E-state index contributed by atoms with van der Waals surface area (Å²) in [5.74, 6) is 7.01. The number of imidazole rings is 1. The Balaban J connectivity index is 2.03. The first kappa shape index (κ1) is 11.5. The van der Waals surface area contributed by atoms with Crippen molar-refractivity contribution < 1.29 is 4.74 Å². The maximum absolute atomic E-state index is 5.76. The van der Waals surface area contributed by atoms with Gasteiger partial charge in [-0.3, -0.25) is 4.40 Å². The smallest absolute Gasteiger partial charge is 0.265 e. The number of benzene rings is 1. The van der Waals surface area contributed by atoms with E-state index in [0.717, 1.165) is 0 Å². The lowest BCUT2D eigenvalue weighted by atomic mass is 10.2. The van der Waals surface area contributed by atoms with Crippen LogP contribution in [0.5, 0.6) is 11.6 Å². The van der Waals surface area contributed by atoms with Crippen molar-refractivity contribution in [2.75, 3.05) is 5.43 Å².